The van der Waals surface area contributed by atoms with Crippen molar-refractivity contribution in [1.82, 2.24) is 20.2 Å². The molecule has 36 heavy (non-hydrogen) atoms. The maximum absolute atomic E-state index is 9.84. The van der Waals surface area contributed by atoms with Crippen molar-refractivity contribution in [2.24, 2.45) is 0 Å². The second-order valence-corrected chi connectivity index (χ2v) is 10.1. The smallest absolute Gasteiger partial charge is 0.318 e. The lowest BCUT2D eigenvalue weighted by atomic mass is 10.0. The number of hydrogen-bond acceptors (Lipinski definition) is 8. The van der Waals surface area contributed by atoms with Gasteiger partial charge in [0.1, 0.15) is 18.5 Å². The summed E-state index contributed by atoms with van der Waals surface area (Å²) >= 11 is 0. The number of anilines is 2. The summed E-state index contributed by atoms with van der Waals surface area (Å²) in [6.45, 7) is 5.50. The molecule has 0 radical (unpaired) electrons. The first-order valence-corrected chi connectivity index (χ1v) is 13.0. The summed E-state index contributed by atoms with van der Waals surface area (Å²) in [5, 5.41) is 15.7. The Kier molecular flexibility index (Phi) is 6.34. The topological polar surface area (TPSA) is 80.5 Å². The van der Waals surface area contributed by atoms with E-state index in [1.54, 1.807) is 0 Å². The summed E-state index contributed by atoms with van der Waals surface area (Å²) in [6, 6.07) is 18.1. The molecule has 8 nitrogen and oxygen atoms in total. The Bertz CT molecular complexity index is 1280. The Labute approximate surface area is 212 Å². The van der Waals surface area contributed by atoms with E-state index in [0.29, 0.717) is 31.7 Å². The third-order valence-electron chi connectivity index (χ3n) is 7.87. The second-order valence-electron chi connectivity index (χ2n) is 10.1. The number of nitrogens with one attached hydrogen (secondary N) is 1. The van der Waals surface area contributed by atoms with E-state index < -0.39 is 0 Å². The molecule has 3 aliphatic heterocycles. The van der Waals surface area contributed by atoms with Crippen LogP contribution in [-0.4, -0.2) is 73.3 Å². The Morgan fingerprint density at radius 1 is 1.11 bits per heavy atom. The highest BCUT2D eigenvalue weighted by Gasteiger charge is 2.31. The van der Waals surface area contributed by atoms with Crippen molar-refractivity contribution in [3.8, 4) is 12.1 Å². The van der Waals surface area contributed by atoms with Gasteiger partial charge in [0.15, 0.2) is 0 Å². The standard InChI is InChI=1S/C28H33N7O/c1-33-13-5-8-21(33)19-36-28-31-25-18-34(26-10-4-7-20-6-2-3-9-23(20)26)14-11-24(25)27(32-28)35-15-12-30-17-22(35)16-29/h2-4,6-7,9-10,21-22,30H,5,8,11-15,17-19H2,1H3/t21-,22?/m0/s1. The largest absolute Gasteiger partial charge is 0.462 e. The van der Waals surface area contributed by atoms with Gasteiger partial charge in [0.05, 0.1) is 18.3 Å². The van der Waals surface area contributed by atoms with Crippen LogP contribution in [0.5, 0.6) is 6.01 Å². The van der Waals surface area contributed by atoms with Crippen molar-refractivity contribution in [3.63, 3.8) is 0 Å². The van der Waals surface area contributed by atoms with Crippen LogP contribution >= 0.6 is 0 Å². The van der Waals surface area contributed by atoms with Crippen molar-refractivity contribution in [2.45, 2.75) is 37.9 Å². The molecule has 0 aliphatic carbocycles. The van der Waals surface area contributed by atoms with E-state index in [9.17, 15) is 5.26 Å². The van der Waals surface area contributed by atoms with E-state index in [-0.39, 0.29) is 6.04 Å². The van der Waals surface area contributed by atoms with Crippen LogP contribution in [0.25, 0.3) is 10.8 Å². The molecule has 0 spiro atoms. The molecule has 4 heterocycles. The van der Waals surface area contributed by atoms with Crippen LogP contribution in [-0.2, 0) is 13.0 Å². The summed E-state index contributed by atoms with van der Waals surface area (Å²) in [7, 11) is 2.15. The summed E-state index contributed by atoms with van der Waals surface area (Å²) < 4.78 is 6.23. The monoisotopic (exact) mass is 483 g/mol. The summed E-state index contributed by atoms with van der Waals surface area (Å²) in [6.07, 6.45) is 3.17. The average molecular weight is 484 g/mol. The number of benzene rings is 2. The van der Waals surface area contributed by atoms with E-state index in [1.807, 2.05) is 0 Å². The minimum Gasteiger partial charge on any atom is -0.462 e. The summed E-state index contributed by atoms with van der Waals surface area (Å²) in [5.41, 5.74) is 3.38. The van der Waals surface area contributed by atoms with Gasteiger partial charge in [0, 0.05) is 48.9 Å². The number of hydrogen-bond donors (Lipinski definition) is 1. The van der Waals surface area contributed by atoms with Crippen molar-refractivity contribution >= 4 is 22.3 Å². The SMILES string of the molecule is CN1CCC[C@H]1COc1nc2c(c(N3CCNCC3C#N)n1)CCN(c1cccc3ccccc13)C2. The fourth-order valence-electron chi connectivity index (χ4n) is 5.81. The molecule has 0 amide bonds. The molecule has 0 saturated carbocycles. The molecule has 0 bridgehead atoms. The van der Waals surface area contributed by atoms with Crippen LogP contribution in [0.1, 0.15) is 24.1 Å². The highest BCUT2D eigenvalue weighted by molar-refractivity contribution is 5.94. The Morgan fingerprint density at radius 3 is 2.86 bits per heavy atom. The predicted molar refractivity (Wildman–Crippen MR) is 141 cm³/mol. The molecule has 2 aromatic carbocycles. The van der Waals surface area contributed by atoms with E-state index in [2.05, 4.69) is 75.6 Å². The van der Waals surface area contributed by atoms with Gasteiger partial charge >= 0.3 is 6.01 Å². The minimum absolute atomic E-state index is 0.248. The number of rotatable bonds is 5. The zero-order valence-electron chi connectivity index (χ0n) is 20.9. The fourth-order valence-corrected chi connectivity index (χ4v) is 5.81. The molecular weight excluding hydrogens is 450 g/mol. The number of fused-ring (bicyclic) bond motifs is 2. The first-order valence-electron chi connectivity index (χ1n) is 13.0. The Balaban J connectivity index is 1.35. The molecule has 1 N–H and O–H groups in total. The van der Waals surface area contributed by atoms with Crippen LogP contribution in [0.15, 0.2) is 42.5 Å². The number of nitrogens with zero attached hydrogens (tertiary/aromatic N) is 6. The molecule has 1 unspecified atom stereocenters. The zero-order valence-corrected chi connectivity index (χ0v) is 20.9. The predicted octanol–water partition coefficient (Wildman–Crippen LogP) is 2.97. The fraction of sp³-hybridized carbons (Fsp3) is 0.464. The lowest BCUT2D eigenvalue weighted by Crippen LogP contribution is -2.51. The lowest BCUT2D eigenvalue weighted by molar-refractivity contribution is 0.187. The van der Waals surface area contributed by atoms with Crippen LogP contribution < -0.4 is 19.9 Å². The molecular formula is C28H33N7O. The second kappa shape index (κ2) is 9.92. The minimum atomic E-state index is -0.248. The zero-order chi connectivity index (χ0) is 24.5. The van der Waals surface area contributed by atoms with E-state index in [0.717, 1.165) is 56.1 Å². The number of likely N-dealkylation sites (tertiary alicyclic amines) is 1. The van der Waals surface area contributed by atoms with E-state index >= 15 is 0 Å². The molecule has 2 saturated heterocycles. The van der Waals surface area contributed by atoms with E-state index in [4.69, 9.17) is 14.7 Å². The first-order chi connectivity index (χ1) is 17.7. The average Bonchev–Trinajstić information content (AvgIpc) is 3.35. The van der Waals surface area contributed by atoms with E-state index in [1.165, 1.54) is 22.9 Å². The first kappa shape index (κ1) is 23.0. The number of likely N-dealkylation sites (N-methyl/N-ethyl adjacent to an activating group) is 1. The highest BCUT2D eigenvalue weighted by Crippen LogP contribution is 2.34. The van der Waals surface area contributed by atoms with Crippen molar-refractivity contribution in [3.05, 3.63) is 53.7 Å². The molecule has 8 heteroatoms. The van der Waals surface area contributed by atoms with Gasteiger partial charge in [-0.2, -0.15) is 15.2 Å². The Hall–Kier alpha value is -3.41. The van der Waals surface area contributed by atoms with Crippen LogP contribution in [0.2, 0.25) is 0 Å². The third kappa shape index (κ3) is 4.34. The highest BCUT2D eigenvalue weighted by atomic mass is 16.5. The van der Waals surface area contributed by atoms with Crippen molar-refractivity contribution in [2.75, 3.05) is 56.2 Å². The van der Waals surface area contributed by atoms with Gasteiger partial charge in [-0.05, 0) is 44.3 Å². The summed E-state index contributed by atoms with van der Waals surface area (Å²) in [4.78, 5) is 16.8. The lowest BCUT2D eigenvalue weighted by Gasteiger charge is -2.37. The molecule has 1 aromatic heterocycles. The maximum atomic E-state index is 9.84. The number of ether oxygens (including phenoxy) is 1. The molecule has 2 fully saturated rings. The quantitative estimate of drug-likeness (QED) is 0.593. The molecule has 186 valence electrons. The summed E-state index contributed by atoms with van der Waals surface area (Å²) in [5.74, 6) is 0.875. The molecule has 3 aromatic rings. The molecule has 3 aliphatic rings. The van der Waals surface area contributed by atoms with Crippen molar-refractivity contribution in [1.29, 1.82) is 5.26 Å². The van der Waals surface area contributed by atoms with Gasteiger partial charge in [-0.1, -0.05) is 36.4 Å². The van der Waals surface area contributed by atoms with Gasteiger partial charge in [-0.3, -0.25) is 0 Å². The number of aromatic nitrogens is 2. The van der Waals surface area contributed by atoms with Gasteiger partial charge < -0.3 is 24.8 Å². The Morgan fingerprint density at radius 2 is 2.00 bits per heavy atom. The van der Waals surface area contributed by atoms with Gasteiger partial charge in [0.2, 0.25) is 0 Å². The normalized spacial score (nSPS) is 22.4. The van der Waals surface area contributed by atoms with Gasteiger partial charge in [0.25, 0.3) is 0 Å². The van der Waals surface area contributed by atoms with Crippen molar-refractivity contribution < 1.29 is 4.74 Å². The third-order valence-corrected chi connectivity index (χ3v) is 7.87. The van der Waals surface area contributed by atoms with Gasteiger partial charge in [-0.25, -0.2) is 0 Å². The number of piperazine rings is 1. The van der Waals surface area contributed by atoms with Crippen LogP contribution in [0.3, 0.4) is 0 Å². The molecule has 6 rings (SSSR count). The van der Waals surface area contributed by atoms with Gasteiger partial charge in [-0.15, -0.1) is 0 Å². The maximum Gasteiger partial charge on any atom is 0.318 e. The van der Waals surface area contributed by atoms with Crippen LogP contribution in [0.4, 0.5) is 11.5 Å². The molecule has 2 atom stereocenters. The van der Waals surface area contributed by atoms with Crippen LogP contribution in [0, 0.1) is 11.3 Å². The number of nitriles is 1.